The lowest BCUT2D eigenvalue weighted by atomic mass is 9.73. The van der Waals surface area contributed by atoms with E-state index in [1.807, 2.05) is 0 Å². The van der Waals surface area contributed by atoms with Crippen molar-refractivity contribution >= 4 is 0 Å². The van der Waals surface area contributed by atoms with Crippen molar-refractivity contribution in [2.75, 3.05) is 13.2 Å². The van der Waals surface area contributed by atoms with Gasteiger partial charge in [0.15, 0.2) is 0 Å². The second-order valence-electron chi connectivity index (χ2n) is 7.24. The Labute approximate surface area is 132 Å². The molecule has 0 saturated heterocycles. The lowest BCUT2D eigenvalue weighted by Gasteiger charge is -2.45. The van der Waals surface area contributed by atoms with Crippen molar-refractivity contribution in [1.82, 2.24) is 5.32 Å². The number of hydrogen-bond donors (Lipinski definition) is 1. The summed E-state index contributed by atoms with van der Waals surface area (Å²) in [5.41, 5.74) is 0.127. The third-order valence-corrected chi connectivity index (χ3v) is 5.68. The quantitative estimate of drug-likeness (QED) is 0.662. The minimum Gasteiger partial charge on any atom is -0.374 e. The molecule has 2 saturated carbocycles. The highest BCUT2D eigenvalue weighted by molar-refractivity contribution is 4.98. The van der Waals surface area contributed by atoms with E-state index < -0.39 is 0 Å². The lowest BCUT2D eigenvalue weighted by Crippen LogP contribution is -2.56. The van der Waals surface area contributed by atoms with Crippen LogP contribution in [0.1, 0.15) is 90.9 Å². The molecule has 0 radical (unpaired) electrons. The van der Waals surface area contributed by atoms with E-state index in [1.54, 1.807) is 0 Å². The van der Waals surface area contributed by atoms with E-state index in [1.165, 1.54) is 77.0 Å². The third-order valence-electron chi connectivity index (χ3n) is 5.68. The summed E-state index contributed by atoms with van der Waals surface area (Å²) in [4.78, 5) is 0. The molecule has 1 N–H and O–H groups in total. The minimum absolute atomic E-state index is 0.127. The van der Waals surface area contributed by atoms with Gasteiger partial charge < -0.3 is 10.1 Å². The Morgan fingerprint density at radius 2 is 1.57 bits per heavy atom. The number of nitrogens with one attached hydrogen (secondary N) is 1. The second kappa shape index (κ2) is 9.15. The Morgan fingerprint density at radius 1 is 0.952 bits per heavy atom. The molecule has 2 nitrogen and oxygen atoms in total. The van der Waals surface area contributed by atoms with E-state index >= 15 is 0 Å². The van der Waals surface area contributed by atoms with Crippen LogP contribution in [-0.2, 0) is 4.74 Å². The molecule has 0 aromatic rings. The van der Waals surface area contributed by atoms with Crippen LogP contribution in [0.2, 0.25) is 0 Å². The Morgan fingerprint density at radius 3 is 2.14 bits per heavy atom. The van der Waals surface area contributed by atoms with Crippen LogP contribution in [0, 0.1) is 5.92 Å². The first-order chi connectivity index (χ1) is 10.3. The maximum atomic E-state index is 6.50. The van der Waals surface area contributed by atoms with Crippen LogP contribution in [0.4, 0.5) is 0 Å². The summed E-state index contributed by atoms with van der Waals surface area (Å²) in [5.74, 6) is 0.843. The first kappa shape index (κ1) is 17.3. The zero-order chi connectivity index (χ0) is 15.0. The van der Waals surface area contributed by atoms with Crippen molar-refractivity contribution in [3.05, 3.63) is 0 Å². The fourth-order valence-corrected chi connectivity index (χ4v) is 4.71. The molecule has 1 unspecified atom stereocenters. The zero-order valence-electron chi connectivity index (χ0n) is 14.5. The van der Waals surface area contributed by atoms with E-state index in [4.69, 9.17) is 4.74 Å². The van der Waals surface area contributed by atoms with Gasteiger partial charge in [-0.05, 0) is 51.5 Å². The molecule has 0 heterocycles. The molecule has 1 atom stereocenters. The van der Waals surface area contributed by atoms with E-state index in [0.29, 0.717) is 6.04 Å². The third kappa shape index (κ3) is 4.69. The summed E-state index contributed by atoms with van der Waals surface area (Å²) in [6.45, 7) is 6.49. The Kier molecular flexibility index (Phi) is 7.53. The van der Waals surface area contributed by atoms with Crippen LogP contribution in [0.5, 0.6) is 0 Å². The lowest BCUT2D eigenvalue weighted by molar-refractivity contribution is -0.0933. The number of rotatable bonds is 7. The van der Waals surface area contributed by atoms with Gasteiger partial charge in [0.25, 0.3) is 0 Å². The molecule has 2 aliphatic rings. The van der Waals surface area contributed by atoms with E-state index in [2.05, 4.69) is 19.2 Å². The van der Waals surface area contributed by atoms with Crippen molar-refractivity contribution in [2.45, 2.75) is 103 Å². The molecular weight excluding hydrogens is 258 g/mol. The molecule has 124 valence electrons. The van der Waals surface area contributed by atoms with Gasteiger partial charge in [0.2, 0.25) is 0 Å². The Balaban J connectivity index is 2.15. The van der Waals surface area contributed by atoms with E-state index in [9.17, 15) is 0 Å². The molecule has 2 heteroatoms. The van der Waals surface area contributed by atoms with Gasteiger partial charge in [0.05, 0.1) is 5.60 Å². The van der Waals surface area contributed by atoms with Crippen LogP contribution in [0.25, 0.3) is 0 Å². The van der Waals surface area contributed by atoms with Crippen LogP contribution in [0.3, 0.4) is 0 Å². The molecule has 21 heavy (non-hydrogen) atoms. The van der Waals surface area contributed by atoms with Gasteiger partial charge in [0.1, 0.15) is 0 Å². The monoisotopic (exact) mass is 295 g/mol. The summed E-state index contributed by atoms with van der Waals surface area (Å²) >= 11 is 0. The SMILES string of the molecule is CCCNC(C1CCCCC1)C1(OCC)CCCCCC1. The summed E-state index contributed by atoms with van der Waals surface area (Å²) in [6, 6.07) is 0.593. The van der Waals surface area contributed by atoms with Crippen LogP contribution in [0.15, 0.2) is 0 Å². The summed E-state index contributed by atoms with van der Waals surface area (Å²) in [6.07, 6.45) is 16.4. The average Bonchev–Trinajstić information content (AvgIpc) is 2.76. The summed E-state index contributed by atoms with van der Waals surface area (Å²) in [5, 5.41) is 3.94. The van der Waals surface area contributed by atoms with Crippen molar-refractivity contribution < 1.29 is 4.74 Å². The van der Waals surface area contributed by atoms with Crippen LogP contribution >= 0.6 is 0 Å². The predicted octanol–water partition coefficient (Wildman–Crippen LogP) is 5.06. The van der Waals surface area contributed by atoms with Crippen molar-refractivity contribution in [2.24, 2.45) is 5.92 Å². The van der Waals surface area contributed by atoms with Crippen LogP contribution in [-0.4, -0.2) is 24.8 Å². The number of ether oxygens (including phenoxy) is 1. The van der Waals surface area contributed by atoms with E-state index in [-0.39, 0.29) is 5.60 Å². The van der Waals surface area contributed by atoms with Gasteiger partial charge in [-0.15, -0.1) is 0 Å². The minimum atomic E-state index is 0.127. The van der Waals surface area contributed by atoms with Gasteiger partial charge in [0, 0.05) is 12.6 Å². The van der Waals surface area contributed by atoms with Crippen molar-refractivity contribution in [3.63, 3.8) is 0 Å². The van der Waals surface area contributed by atoms with Gasteiger partial charge in [-0.25, -0.2) is 0 Å². The maximum Gasteiger partial charge on any atom is 0.0837 e. The first-order valence-corrected chi connectivity index (χ1v) is 9.69. The van der Waals surface area contributed by atoms with Gasteiger partial charge >= 0.3 is 0 Å². The smallest absolute Gasteiger partial charge is 0.0837 e. The van der Waals surface area contributed by atoms with Crippen LogP contribution < -0.4 is 5.32 Å². The summed E-state index contributed by atoms with van der Waals surface area (Å²) < 4.78 is 6.50. The molecule has 2 aliphatic carbocycles. The molecule has 0 aromatic heterocycles. The molecule has 2 rings (SSSR count). The molecule has 0 aromatic carbocycles. The Hall–Kier alpha value is -0.0800. The van der Waals surface area contributed by atoms with E-state index in [0.717, 1.165) is 19.1 Å². The largest absolute Gasteiger partial charge is 0.374 e. The van der Waals surface area contributed by atoms with Crippen molar-refractivity contribution in [3.8, 4) is 0 Å². The molecule has 0 bridgehead atoms. The molecule has 0 amide bonds. The highest BCUT2D eigenvalue weighted by atomic mass is 16.5. The topological polar surface area (TPSA) is 21.3 Å². The highest BCUT2D eigenvalue weighted by Gasteiger charge is 2.43. The number of hydrogen-bond acceptors (Lipinski definition) is 2. The molecular formula is C19H37NO. The maximum absolute atomic E-state index is 6.50. The summed E-state index contributed by atoms with van der Waals surface area (Å²) in [7, 11) is 0. The molecule has 2 fully saturated rings. The fourth-order valence-electron chi connectivity index (χ4n) is 4.71. The molecule has 0 aliphatic heterocycles. The van der Waals surface area contributed by atoms with Gasteiger partial charge in [-0.2, -0.15) is 0 Å². The predicted molar refractivity (Wildman–Crippen MR) is 90.7 cm³/mol. The highest BCUT2D eigenvalue weighted by Crippen LogP contribution is 2.40. The molecule has 0 spiro atoms. The first-order valence-electron chi connectivity index (χ1n) is 9.69. The average molecular weight is 296 g/mol. The standard InChI is InChI=1S/C19H37NO/c1-3-16-20-18(17-12-8-7-9-13-17)19(21-4-2)14-10-5-6-11-15-19/h17-18,20H,3-16H2,1-2H3. The second-order valence-corrected chi connectivity index (χ2v) is 7.24. The Bertz CT molecular complexity index is 265. The zero-order valence-corrected chi connectivity index (χ0v) is 14.5. The van der Waals surface area contributed by atoms with Gasteiger partial charge in [-0.3, -0.25) is 0 Å². The normalized spacial score (nSPS) is 25.4. The van der Waals surface area contributed by atoms with Gasteiger partial charge in [-0.1, -0.05) is 51.9 Å². The van der Waals surface area contributed by atoms with Crippen molar-refractivity contribution in [1.29, 1.82) is 0 Å². The fraction of sp³-hybridized carbons (Fsp3) is 1.00.